The number of sulfonamides is 1. The monoisotopic (exact) mass is 491 g/mol. The first-order chi connectivity index (χ1) is 14.3. The average molecular weight is 492 g/mol. The van der Waals surface area contributed by atoms with Crippen LogP contribution >= 0.6 is 23.5 Å². The summed E-state index contributed by atoms with van der Waals surface area (Å²) >= 11 is 3.65. The Kier molecular flexibility index (Phi) is 6.29. The van der Waals surface area contributed by atoms with Crippen LogP contribution in [0.3, 0.4) is 0 Å². The van der Waals surface area contributed by atoms with Crippen LogP contribution in [0.5, 0.6) is 0 Å². The lowest BCUT2D eigenvalue weighted by atomic mass is 9.69. The van der Waals surface area contributed by atoms with Gasteiger partial charge in [-0.25, -0.2) is 12.7 Å². The van der Waals surface area contributed by atoms with Crippen LogP contribution in [0.25, 0.3) is 0 Å². The van der Waals surface area contributed by atoms with Crippen LogP contribution < -0.4 is 0 Å². The van der Waals surface area contributed by atoms with E-state index in [4.69, 9.17) is 0 Å². The molecule has 9 heteroatoms. The van der Waals surface area contributed by atoms with Crippen molar-refractivity contribution in [3.8, 4) is 0 Å². The van der Waals surface area contributed by atoms with E-state index in [1.165, 1.54) is 0 Å². The third kappa shape index (κ3) is 3.51. The van der Waals surface area contributed by atoms with Crippen molar-refractivity contribution in [2.45, 2.75) is 76.7 Å². The lowest BCUT2D eigenvalue weighted by Gasteiger charge is -2.38. The first kappa shape index (κ1) is 24.2. The second-order valence-electron chi connectivity index (χ2n) is 10.9. The summed E-state index contributed by atoms with van der Waals surface area (Å²) in [6.45, 7) is 9.68. The Morgan fingerprint density at radius 1 is 1.10 bits per heavy atom. The highest BCUT2D eigenvalue weighted by molar-refractivity contribution is 8.20. The molecule has 2 saturated heterocycles. The summed E-state index contributed by atoms with van der Waals surface area (Å²) in [6, 6.07) is -0.293. The van der Waals surface area contributed by atoms with Gasteiger partial charge >= 0.3 is 0 Å². The molecule has 1 unspecified atom stereocenters. The molecule has 31 heavy (non-hydrogen) atoms. The normalized spacial score (nSPS) is 38.6. The minimum atomic E-state index is -3.71. The predicted molar refractivity (Wildman–Crippen MR) is 126 cm³/mol. The summed E-state index contributed by atoms with van der Waals surface area (Å²) in [5.41, 5.74) is -0.468. The summed E-state index contributed by atoms with van der Waals surface area (Å²) in [7, 11) is -3.71. The molecule has 1 spiro atoms. The number of carbonyl (C=O) groups excluding carboxylic acids is 1. The molecular weight excluding hydrogens is 454 g/mol. The zero-order valence-electron chi connectivity index (χ0n) is 19.2. The van der Waals surface area contributed by atoms with Gasteiger partial charge in [0, 0.05) is 28.8 Å². The number of hydrogen-bond donors (Lipinski definition) is 2. The second kappa shape index (κ2) is 8.07. The number of carbonyl (C=O) groups is 1. The molecular formula is C22H37NO5S3. The topological polar surface area (TPSA) is 94.9 Å². The Hall–Kier alpha value is 0.0400. The molecule has 4 rings (SSSR count). The van der Waals surface area contributed by atoms with Crippen LogP contribution in [0, 0.1) is 34.5 Å². The van der Waals surface area contributed by atoms with E-state index in [9.17, 15) is 23.4 Å². The van der Waals surface area contributed by atoms with Crippen LogP contribution in [0.4, 0.5) is 0 Å². The molecule has 4 aliphatic rings. The zero-order chi connectivity index (χ0) is 22.9. The van der Waals surface area contributed by atoms with E-state index in [-0.39, 0.29) is 33.1 Å². The number of nitrogens with zero attached hydrogens (tertiary/aromatic N) is 1. The summed E-state index contributed by atoms with van der Waals surface area (Å²) in [6.07, 6.45) is 0.749. The minimum absolute atomic E-state index is 0.0189. The molecule has 0 radical (unpaired) electrons. The molecule has 4 fully saturated rings. The van der Waals surface area contributed by atoms with Crippen molar-refractivity contribution in [3.63, 3.8) is 0 Å². The van der Waals surface area contributed by atoms with Crippen molar-refractivity contribution < 1.29 is 23.4 Å². The first-order valence-electron chi connectivity index (χ1n) is 11.5. The number of aliphatic hydroxyl groups is 2. The van der Waals surface area contributed by atoms with Crippen molar-refractivity contribution in [2.24, 2.45) is 34.5 Å². The third-order valence-corrected chi connectivity index (χ3v) is 14.6. The van der Waals surface area contributed by atoms with Crippen LogP contribution in [-0.2, 0) is 14.8 Å². The maximum Gasteiger partial charge on any atom is 0.241 e. The molecule has 0 aromatic carbocycles. The van der Waals surface area contributed by atoms with Gasteiger partial charge in [0.1, 0.15) is 0 Å². The quantitative estimate of drug-likeness (QED) is 0.590. The highest BCUT2D eigenvalue weighted by atomic mass is 32.2. The fraction of sp³-hybridized carbons (Fsp3) is 0.955. The fourth-order valence-electron chi connectivity index (χ4n) is 6.90. The standard InChI is InChI=1S/C22H37NO5S3/c1-12(18(25)14(3)20-29-8-9-30-20)17(24)13(2)19(26)23-16-10-15-6-7-22(16,21(15,4)5)11-31(23,27)28/h12-18,20,24-25H,6-11H2,1-5H3/t12-,13-,14-,15?,16-,17+,18-,22-/m0/s1. The summed E-state index contributed by atoms with van der Waals surface area (Å²) in [4.78, 5) is 13.5. The van der Waals surface area contributed by atoms with Crippen molar-refractivity contribution in [1.29, 1.82) is 0 Å². The average Bonchev–Trinajstić information content (AvgIpc) is 3.42. The Bertz CT molecular complexity index is 827. The highest BCUT2D eigenvalue weighted by Gasteiger charge is 2.72. The molecule has 2 bridgehead atoms. The molecule has 0 aromatic heterocycles. The summed E-state index contributed by atoms with van der Waals surface area (Å²) < 4.78 is 27.8. The minimum Gasteiger partial charge on any atom is -0.392 e. The van der Waals surface area contributed by atoms with E-state index in [1.54, 1.807) is 13.8 Å². The Balaban J connectivity index is 1.51. The van der Waals surface area contributed by atoms with Crippen molar-refractivity contribution >= 4 is 39.5 Å². The number of amides is 1. The Morgan fingerprint density at radius 3 is 2.29 bits per heavy atom. The van der Waals surface area contributed by atoms with Gasteiger partial charge in [0.15, 0.2) is 0 Å². The van der Waals surface area contributed by atoms with Crippen molar-refractivity contribution in [1.82, 2.24) is 4.31 Å². The molecule has 6 nitrogen and oxygen atoms in total. The number of hydrogen-bond acceptors (Lipinski definition) is 7. The predicted octanol–water partition coefficient (Wildman–Crippen LogP) is 2.79. The van der Waals surface area contributed by atoms with Crippen LogP contribution in [0.2, 0.25) is 0 Å². The first-order valence-corrected chi connectivity index (χ1v) is 15.2. The second-order valence-corrected chi connectivity index (χ2v) is 15.5. The van der Waals surface area contributed by atoms with E-state index in [2.05, 4.69) is 13.8 Å². The van der Waals surface area contributed by atoms with Crippen LogP contribution in [-0.4, -0.2) is 68.9 Å². The molecule has 2 heterocycles. The Labute approximate surface area is 195 Å². The van der Waals surface area contributed by atoms with Gasteiger partial charge in [-0.1, -0.05) is 34.6 Å². The van der Waals surface area contributed by atoms with Crippen LogP contribution in [0.15, 0.2) is 0 Å². The molecule has 1 amide bonds. The van der Waals surface area contributed by atoms with E-state index in [0.717, 1.165) is 35.1 Å². The Morgan fingerprint density at radius 2 is 1.71 bits per heavy atom. The maximum atomic E-state index is 13.5. The third-order valence-electron chi connectivity index (χ3n) is 9.22. The fourth-order valence-corrected chi connectivity index (χ4v) is 12.6. The molecule has 2 aliphatic heterocycles. The van der Waals surface area contributed by atoms with Crippen LogP contribution in [0.1, 0.15) is 53.9 Å². The van der Waals surface area contributed by atoms with Gasteiger partial charge in [-0.3, -0.25) is 4.79 Å². The number of rotatable bonds is 6. The summed E-state index contributed by atoms with van der Waals surface area (Å²) in [5.74, 6) is 0.667. The lowest BCUT2D eigenvalue weighted by Crippen LogP contribution is -2.50. The van der Waals surface area contributed by atoms with E-state index < -0.39 is 40.0 Å². The van der Waals surface area contributed by atoms with Gasteiger partial charge in [0.2, 0.25) is 15.9 Å². The molecule has 2 saturated carbocycles. The number of aliphatic hydroxyl groups excluding tert-OH is 2. The molecule has 2 aliphatic carbocycles. The molecule has 2 N–H and O–H groups in total. The van der Waals surface area contributed by atoms with Crippen molar-refractivity contribution in [3.05, 3.63) is 0 Å². The smallest absolute Gasteiger partial charge is 0.241 e. The SMILES string of the molecule is C[C@@H]([C@@H](O)[C@H](C)C(=O)N1[C@H]2CC3CC[C@@]2(CS1(=O)=O)C3(C)C)[C@H](O)[C@H](C)C1SCCS1. The van der Waals surface area contributed by atoms with E-state index >= 15 is 0 Å². The van der Waals surface area contributed by atoms with E-state index in [1.807, 2.05) is 30.4 Å². The van der Waals surface area contributed by atoms with Gasteiger partial charge in [0.05, 0.1) is 34.5 Å². The van der Waals surface area contributed by atoms with Gasteiger partial charge in [-0.2, -0.15) is 0 Å². The number of fused-ring (bicyclic) bond motifs is 1. The largest absolute Gasteiger partial charge is 0.392 e. The number of thioether (sulfide) groups is 2. The van der Waals surface area contributed by atoms with Crippen molar-refractivity contribution in [2.75, 3.05) is 17.3 Å². The molecule has 178 valence electrons. The van der Waals surface area contributed by atoms with Gasteiger partial charge < -0.3 is 10.2 Å². The van der Waals surface area contributed by atoms with Gasteiger partial charge in [-0.05, 0) is 30.6 Å². The molecule has 8 atom stereocenters. The van der Waals surface area contributed by atoms with Gasteiger partial charge in [-0.15, -0.1) is 23.5 Å². The highest BCUT2D eigenvalue weighted by Crippen LogP contribution is 2.70. The van der Waals surface area contributed by atoms with Gasteiger partial charge in [0.25, 0.3) is 0 Å². The maximum absolute atomic E-state index is 13.5. The zero-order valence-corrected chi connectivity index (χ0v) is 21.6. The summed E-state index contributed by atoms with van der Waals surface area (Å²) in [5, 5.41) is 21.9. The van der Waals surface area contributed by atoms with E-state index in [0.29, 0.717) is 5.92 Å². The lowest BCUT2D eigenvalue weighted by molar-refractivity contribution is -0.139. The molecule has 0 aromatic rings.